The monoisotopic (exact) mass is 197 g/mol. The Balaban J connectivity index is 2.69. The predicted octanol–water partition coefficient (Wildman–Crippen LogP) is 0.552. The fourth-order valence-electron chi connectivity index (χ4n) is 1.48. The molecule has 1 aromatic heterocycles. The van der Waals surface area contributed by atoms with Gasteiger partial charge in [-0.3, -0.25) is 4.68 Å². The molecule has 14 heavy (non-hydrogen) atoms. The average Bonchev–Trinajstić information content (AvgIpc) is 2.52. The van der Waals surface area contributed by atoms with Crippen LogP contribution < -0.4 is 5.32 Å². The van der Waals surface area contributed by atoms with Crippen molar-refractivity contribution in [1.82, 2.24) is 15.1 Å². The summed E-state index contributed by atoms with van der Waals surface area (Å²) in [5, 5.41) is 16.8. The quantitative estimate of drug-likeness (QED) is 0.725. The Morgan fingerprint density at radius 3 is 2.79 bits per heavy atom. The summed E-state index contributed by atoms with van der Waals surface area (Å²) in [7, 11) is 0. The lowest BCUT2D eigenvalue weighted by Gasteiger charge is -2.28. The number of nitrogens with one attached hydrogen (secondary N) is 1. The van der Waals surface area contributed by atoms with Crippen LogP contribution in [0.15, 0.2) is 12.3 Å². The van der Waals surface area contributed by atoms with E-state index >= 15 is 0 Å². The molecule has 1 atom stereocenters. The van der Waals surface area contributed by atoms with Crippen molar-refractivity contribution in [2.45, 2.75) is 32.9 Å². The van der Waals surface area contributed by atoms with Gasteiger partial charge in [0.1, 0.15) is 0 Å². The average molecular weight is 197 g/mol. The highest BCUT2D eigenvalue weighted by Gasteiger charge is 2.23. The molecule has 4 heteroatoms. The number of aryl methyl sites for hydroxylation is 1. The molecule has 0 aliphatic heterocycles. The van der Waals surface area contributed by atoms with Crippen LogP contribution in [0.5, 0.6) is 0 Å². The molecule has 0 aromatic carbocycles. The van der Waals surface area contributed by atoms with Gasteiger partial charge in [0, 0.05) is 11.9 Å². The van der Waals surface area contributed by atoms with Gasteiger partial charge in [-0.05, 0) is 26.5 Å². The molecule has 0 amide bonds. The number of hydrogen-bond donors (Lipinski definition) is 2. The Kier molecular flexibility index (Phi) is 3.66. The second-order valence-corrected chi connectivity index (χ2v) is 3.88. The number of hydrogen-bond acceptors (Lipinski definition) is 3. The Hall–Kier alpha value is -0.870. The third kappa shape index (κ3) is 2.56. The van der Waals surface area contributed by atoms with Gasteiger partial charge in [0.25, 0.3) is 0 Å². The normalized spacial score (nSPS) is 15.4. The van der Waals surface area contributed by atoms with E-state index in [1.54, 1.807) is 6.20 Å². The molecule has 1 aromatic rings. The van der Waals surface area contributed by atoms with Gasteiger partial charge < -0.3 is 10.4 Å². The fraction of sp³-hybridized carbons (Fsp3) is 0.700. The summed E-state index contributed by atoms with van der Waals surface area (Å²) in [5.74, 6) is 0. The van der Waals surface area contributed by atoms with Crippen molar-refractivity contribution in [2.24, 2.45) is 0 Å². The summed E-state index contributed by atoms with van der Waals surface area (Å²) in [6.45, 7) is 7.69. The molecule has 2 N–H and O–H groups in total. The first-order valence-electron chi connectivity index (χ1n) is 4.95. The maximum absolute atomic E-state index is 9.30. The van der Waals surface area contributed by atoms with Crippen LogP contribution in [0.1, 0.15) is 19.5 Å². The minimum Gasteiger partial charge on any atom is -0.394 e. The van der Waals surface area contributed by atoms with E-state index in [-0.39, 0.29) is 12.1 Å². The van der Waals surface area contributed by atoms with E-state index in [1.165, 1.54) is 0 Å². The van der Waals surface area contributed by atoms with Crippen LogP contribution in [0.3, 0.4) is 0 Å². The number of aromatic nitrogens is 2. The van der Waals surface area contributed by atoms with Crippen molar-refractivity contribution < 1.29 is 5.11 Å². The minimum atomic E-state index is -0.286. The van der Waals surface area contributed by atoms with Crippen molar-refractivity contribution in [3.05, 3.63) is 18.0 Å². The standard InChI is InChI=1S/C10H19N3O/c1-4-11-10(3,8-14)7-13-9(2)5-6-12-13/h5-6,11,14H,4,7-8H2,1-3H3. The summed E-state index contributed by atoms with van der Waals surface area (Å²) in [4.78, 5) is 0. The second-order valence-electron chi connectivity index (χ2n) is 3.88. The van der Waals surface area contributed by atoms with Gasteiger partial charge in [-0.15, -0.1) is 0 Å². The third-order valence-corrected chi connectivity index (χ3v) is 2.38. The highest BCUT2D eigenvalue weighted by atomic mass is 16.3. The van der Waals surface area contributed by atoms with E-state index < -0.39 is 0 Å². The number of aliphatic hydroxyl groups is 1. The van der Waals surface area contributed by atoms with Crippen molar-refractivity contribution >= 4 is 0 Å². The molecular weight excluding hydrogens is 178 g/mol. The first-order valence-corrected chi connectivity index (χ1v) is 4.95. The van der Waals surface area contributed by atoms with Gasteiger partial charge in [0.05, 0.1) is 18.7 Å². The topological polar surface area (TPSA) is 50.1 Å². The Labute approximate surface area is 84.9 Å². The largest absolute Gasteiger partial charge is 0.394 e. The van der Waals surface area contributed by atoms with E-state index in [4.69, 9.17) is 0 Å². The lowest BCUT2D eigenvalue weighted by molar-refractivity contribution is 0.154. The molecule has 0 aliphatic carbocycles. The molecule has 80 valence electrons. The Morgan fingerprint density at radius 2 is 2.36 bits per heavy atom. The zero-order valence-electron chi connectivity index (χ0n) is 9.12. The highest BCUT2D eigenvalue weighted by Crippen LogP contribution is 2.08. The van der Waals surface area contributed by atoms with Crippen molar-refractivity contribution in [3.63, 3.8) is 0 Å². The molecule has 0 fully saturated rings. The summed E-state index contributed by atoms with van der Waals surface area (Å²) in [6.07, 6.45) is 1.78. The molecule has 0 saturated heterocycles. The Morgan fingerprint density at radius 1 is 1.64 bits per heavy atom. The first-order chi connectivity index (χ1) is 6.61. The van der Waals surface area contributed by atoms with Gasteiger partial charge in [-0.25, -0.2) is 0 Å². The maximum atomic E-state index is 9.30. The molecule has 0 bridgehead atoms. The highest BCUT2D eigenvalue weighted by molar-refractivity contribution is 4.98. The van der Waals surface area contributed by atoms with Crippen LogP contribution in [0, 0.1) is 6.92 Å². The van der Waals surface area contributed by atoms with Crippen LogP contribution in [0.2, 0.25) is 0 Å². The number of nitrogens with zero attached hydrogens (tertiary/aromatic N) is 2. The predicted molar refractivity (Wildman–Crippen MR) is 56.1 cm³/mol. The van der Waals surface area contributed by atoms with Crippen molar-refractivity contribution in [3.8, 4) is 0 Å². The number of likely N-dealkylation sites (N-methyl/N-ethyl adjacent to an activating group) is 1. The van der Waals surface area contributed by atoms with E-state index in [0.29, 0.717) is 6.54 Å². The van der Waals surface area contributed by atoms with Crippen LogP contribution in [-0.4, -0.2) is 33.6 Å². The number of aliphatic hydroxyl groups excluding tert-OH is 1. The van der Waals surface area contributed by atoms with Crippen LogP contribution in [-0.2, 0) is 6.54 Å². The summed E-state index contributed by atoms with van der Waals surface area (Å²) < 4.78 is 1.90. The van der Waals surface area contributed by atoms with Crippen LogP contribution in [0.25, 0.3) is 0 Å². The Bertz CT molecular complexity index is 285. The molecular formula is C10H19N3O. The van der Waals surface area contributed by atoms with Gasteiger partial charge >= 0.3 is 0 Å². The fourth-order valence-corrected chi connectivity index (χ4v) is 1.48. The molecule has 1 heterocycles. The molecule has 0 spiro atoms. The summed E-state index contributed by atoms with van der Waals surface area (Å²) in [5.41, 5.74) is 0.827. The maximum Gasteiger partial charge on any atom is 0.0628 e. The molecule has 1 unspecified atom stereocenters. The van der Waals surface area contributed by atoms with Gasteiger partial charge in [-0.2, -0.15) is 5.10 Å². The van der Waals surface area contributed by atoms with Crippen molar-refractivity contribution in [2.75, 3.05) is 13.2 Å². The molecule has 0 saturated carbocycles. The van der Waals surface area contributed by atoms with Crippen LogP contribution in [0.4, 0.5) is 0 Å². The summed E-state index contributed by atoms with van der Waals surface area (Å²) in [6, 6.07) is 1.96. The lowest BCUT2D eigenvalue weighted by atomic mass is 10.0. The van der Waals surface area contributed by atoms with E-state index in [0.717, 1.165) is 12.2 Å². The molecule has 0 aliphatic rings. The number of rotatable bonds is 5. The van der Waals surface area contributed by atoms with Gasteiger partial charge in [0.15, 0.2) is 0 Å². The van der Waals surface area contributed by atoms with Crippen molar-refractivity contribution in [1.29, 1.82) is 0 Å². The lowest BCUT2D eigenvalue weighted by Crippen LogP contribution is -2.49. The first kappa shape index (κ1) is 11.2. The zero-order valence-corrected chi connectivity index (χ0v) is 9.12. The molecule has 1 rings (SSSR count). The van der Waals surface area contributed by atoms with Gasteiger partial charge in [0.2, 0.25) is 0 Å². The molecule has 4 nitrogen and oxygen atoms in total. The smallest absolute Gasteiger partial charge is 0.0628 e. The van der Waals surface area contributed by atoms with Crippen LogP contribution >= 0.6 is 0 Å². The third-order valence-electron chi connectivity index (χ3n) is 2.38. The zero-order chi connectivity index (χ0) is 10.6. The minimum absolute atomic E-state index is 0.111. The van der Waals surface area contributed by atoms with E-state index in [9.17, 15) is 5.11 Å². The molecule has 0 radical (unpaired) electrons. The van der Waals surface area contributed by atoms with E-state index in [1.807, 2.05) is 31.5 Å². The SMILES string of the molecule is CCNC(C)(CO)Cn1nccc1C. The van der Waals surface area contributed by atoms with E-state index in [2.05, 4.69) is 10.4 Å². The summed E-state index contributed by atoms with van der Waals surface area (Å²) >= 11 is 0. The second kappa shape index (κ2) is 4.57. The van der Waals surface area contributed by atoms with Gasteiger partial charge in [-0.1, -0.05) is 6.92 Å².